The van der Waals surface area contributed by atoms with E-state index in [0.29, 0.717) is 24.4 Å². The predicted molar refractivity (Wildman–Crippen MR) is 106 cm³/mol. The number of hydrogen-bond donors (Lipinski definition) is 2. The molecule has 2 rings (SSSR count). The van der Waals surface area contributed by atoms with E-state index in [1.807, 2.05) is 0 Å². The van der Waals surface area contributed by atoms with Gasteiger partial charge in [-0.3, -0.25) is 9.59 Å². The van der Waals surface area contributed by atoms with Crippen LogP contribution in [0.2, 0.25) is 5.02 Å². The molecule has 1 aromatic carbocycles. The van der Waals surface area contributed by atoms with Crippen molar-refractivity contribution in [3.8, 4) is 5.75 Å². The average molecular weight is 422 g/mol. The minimum absolute atomic E-state index is 0.0250. The molecule has 9 heteroatoms. The third-order valence-electron chi connectivity index (χ3n) is 3.63. The minimum atomic E-state index is -0.626. The van der Waals surface area contributed by atoms with E-state index in [2.05, 4.69) is 22.2 Å². The van der Waals surface area contributed by atoms with Crippen molar-refractivity contribution in [3.05, 3.63) is 70.9 Å². The Morgan fingerprint density at radius 1 is 1.28 bits per heavy atom. The van der Waals surface area contributed by atoms with Crippen LogP contribution in [-0.4, -0.2) is 37.1 Å². The van der Waals surface area contributed by atoms with Crippen molar-refractivity contribution in [2.75, 3.05) is 20.3 Å². The Morgan fingerprint density at radius 2 is 2.07 bits per heavy atom. The molecule has 154 valence electrons. The van der Waals surface area contributed by atoms with Crippen LogP contribution in [0.5, 0.6) is 5.75 Å². The first kappa shape index (κ1) is 22.3. The second kappa shape index (κ2) is 11.1. The van der Waals surface area contributed by atoms with Crippen molar-refractivity contribution in [2.24, 2.45) is 0 Å². The van der Waals surface area contributed by atoms with Crippen molar-refractivity contribution in [3.63, 3.8) is 0 Å². The van der Waals surface area contributed by atoms with E-state index in [-0.39, 0.29) is 29.6 Å². The van der Waals surface area contributed by atoms with Gasteiger partial charge in [-0.25, -0.2) is 9.37 Å². The molecule has 2 N–H and O–H groups in total. The largest absolute Gasteiger partial charge is 0.484 e. The molecular formula is C20H21ClFN3O4. The molecule has 0 aliphatic carbocycles. The van der Waals surface area contributed by atoms with Crippen LogP contribution in [0, 0.1) is 5.82 Å². The first-order chi connectivity index (χ1) is 13.9. The third-order valence-corrected chi connectivity index (χ3v) is 3.94. The van der Waals surface area contributed by atoms with Gasteiger partial charge in [0.25, 0.3) is 11.8 Å². The first-order valence-corrected chi connectivity index (χ1v) is 9.05. The quantitative estimate of drug-likeness (QED) is 0.615. The molecule has 0 atom stereocenters. The van der Waals surface area contributed by atoms with Gasteiger partial charge in [0.15, 0.2) is 6.61 Å². The summed E-state index contributed by atoms with van der Waals surface area (Å²) in [6, 6.07) is 8.96. The van der Waals surface area contributed by atoms with Gasteiger partial charge in [-0.2, -0.15) is 0 Å². The Kier molecular flexibility index (Phi) is 8.57. The maximum absolute atomic E-state index is 13.3. The molecule has 1 aromatic heterocycles. The predicted octanol–water partition coefficient (Wildman–Crippen LogP) is 2.85. The molecule has 2 amide bonds. The smallest absolute Gasteiger partial charge is 0.273 e. The molecule has 0 aliphatic rings. The first-order valence-electron chi connectivity index (χ1n) is 8.67. The second-order valence-corrected chi connectivity index (χ2v) is 6.38. The molecule has 0 spiro atoms. The summed E-state index contributed by atoms with van der Waals surface area (Å²) in [5, 5.41) is 5.23. The number of benzene rings is 1. The van der Waals surface area contributed by atoms with Crippen molar-refractivity contribution in [1.29, 1.82) is 0 Å². The van der Waals surface area contributed by atoms with E-state index in [0.717, 1.165) is 6.07 Å². The zero-order chi connectivity index (χ0) is 21.2. The normalized spacial score (nSPS) is 10.3. The Balaban J connectivity index is 1.70. The molecule has 0 bridgehead atoms. The maximum Gasteiger partial charge on any atom is 0.273 e. The molecule has 29 heavy (non-hydrogen) atoms. The Bertz CT molecular complexity index is 892. The zero-order valence-corrected chi connectivity index (χ0v) is 16.6. The highest BCUT2D eigenvalue weighted by Gasteiger charge is 2.10. The number of methoxy groups -OCH3 is 1. The van der Waals surface area contributed by atoms with Crippen LogP contribution in [0.15, 0.2) is 48.7 Å². The lowest BCUT2D eigenvalue weighted by atomic mass is 10.2. The van der Waals surface area contributed by atoms with Gasteiger partial charge >= 0.3 is 0 Å². The van der Waals surface area contributed by atoms with Crippen molar-refractivity contribution in [2.45, 2.75) is 13.0 Å². The fourth-order valence-corrected chi connectivity index (χ4v) is 2.36. The van der Waals surface area contributed by atoms with Gasteiger partial charge in [-0.15, -0.1) is 0 Å². The van der Waals surface area contributed by atoms with Crippen LogP contribution < -0.4 is 15.4 Å². The Labute approximate surface area is 172 Å². The van der Waals surface area contributed by atoms with Crippen LogP contribution in [0.1, 0.15) is 22.6 Å². The van der Waals surface area contributed by atoms with Gasteiger partial charge in [0, 0.05) is 31.8 Å². The van der Waals surface area contributed by atoms with E-state index in [9.17, 15) is 14.0 Å². The molecule has 0 radical (unpaired) electrons. The SMILES string of the molecule is C=C(CCNC(=O)COc1ccc(Cl)c(F)c1)NC(=O)c1cccc(COC)n1. The fraction of sp³-hybridized carbons (Fsp3) is 0.250. The monoisotopic (exact) mass is 421 g/mol. The number of aromatic nitrogens is 1. The van der Waals surface area contributed by atoms with Gasteiger partial charge in [0.2, 0.25) is 0 Å². The molecule has 0 fully saturated rings. The number of nitrogens with zero attached hydrogens (tertiary/aromatic N) is 1. The number of carbonyl (C=O) groups excluding carboxylic acids is 2. The standard InChI is InChI=1S/C20H21ClFN3O4/c1-13(24-20(27)18-5-3-4-14(25-18)11-28-2)8-9-23-19(26)12-29-15-6-7-16(21)17(22)10-15/h3-7,10H,1,8-9,11-12H2,2H3,(H,23,26)(H,24,27). The Morgan fingerprint density at radius 3 is 2.79 bits per heavy atom. The summed E-state index contributed by atoms with van der Waals surface area (Å²) in [4.78, 5) is 28.2. The van der Waals surface area contributed by atoms with Gasteiger partial charge < -0.3 is 20.1 Å². The lowest BCUT2D eigenvalue weighted by molar-refractivity contribution is -0.123. The van der Waals surface area contributed by atoms with E-state index < -0.39 is 17.6 Å². The van der Waals surface area contributed by atoms with Crippen molar-refractivity contribution in [1.82, 2.24) is 15.6 Å². The zero-order valence-electron chi connectivity index (χ0n) is 15.8. The number of ether oxygens (including phenoxy) is 2. The van der Waals surface area contributed by atoms with Gasteiger partial charge in [0.05, 0.1) is 17.3 Å². The second-order valence-electron chi connectivity index (χ2n) is 5.97. The number of amides is 2. The maximum atomic E-state index is 13.3. The summed E-state index contributed by atoms with van der Waals surface area (Å²) in [7, 11) is 1.54. The number of pyridine rings is 1. The molecule has 0 aliphatic heterocycles. The van der Waals surface area contributed by atoms with Crippen LogP contribution >= 0.6 is 11.6 Å². The summed E-state index contributed by atoms with van der Waals surface area (Å²) in [6.45, 7) is 4.03. The van der Waals surface area contributed by atoms with Crippen LogP contribution in [0.25, 0.3) is 0 Å². The summed E-state index contributed by atoms with van der Waals surface area (Å²) in [5.74, 6) is -1.22. The van der Waals surface area contributed by atoms with E-state index >= 15 is 0 Å². The molecule has 2 aromatic rings. The number of hydrogen-bond acceptors (Lipinski definition) is 5. The van der Waals surface area contributed by atoms with Gasteiger partial charge in [-0.1, -0.05) is 24.2 Å². The highest BCUT2D eigenvalue weighted by molar-refractivity contribution is 6.30. The van der Waals surface area contributed by atoms with Crippen LogP contribution in [0.4, 0.5) is 4.39 Å². The van der Waals surface area contributed by atoms with Crippen LogP contribution in [0.3, 0.4) is 0 Å². The lowest BCUT2D eigenvalue weighted by Gasteiger charge is -2.10. The number of nitrogens with one attached hydrogen (secondary N) is 2. The lowest BCUT2D eigenvalue weighted by Crippen LogP contribution is -2.31. The van der Waals surface area contributed by atoms with Gasteiger partial charge in [0.1, 0.15) is 17.3 Å². The Hall–Kier alpha value is -2.97. The van der Waals surface area contributed by atoms with Crippen LogP contribution in [-0.2, 0) is 16.1 Å². The molecule has 0 saturated heterocycles. The van der Waals surface area contributed by atoms with Gasteiger partial charge in [-0.05, 0) is 24.3 Å². The minimum Gasteiger partial charge on any atom is -0.484 e. The highest BCUT2D eigenvalue weighted by atomic mass is 35.5. The summed E-state index contributed by atoms with van der Waals surface area (Å²) in [6.07, 6.45) is 0.324. The van der Waals surface area contributed by atoms with Crippen molar-refractivity contribution < 1.29 is 23.5 Å². The summed E-state index contributed by atoms with van der Waals surface area (Å²) >= 11 is 5.58. The average Bonchev–Trinajstić information content (AvgIpc) is 2.69. The molecule has 1 heterocycles. The molecule has 0 saturated carbocycles. The number of rotatable bonds is 10. The molecule has 0 unspecified atom stereocenters. The third kappa shape index (κ3) is 7.52. The van der Waals surface area contributed by atoms with E-state index in [4.69, 9.17) is 21.1 Å². The topological polar surface area (TPSA) is 89.6 Å². The van der Waals surface area contributed by atoms with E-state index in [1.165, 1.54) is 12.1 Å². The van der Waals surface area contributed by atoms with E-state index in [1.54, 1.807) is 25.3 Å². The summed E-state index contributed by atoms with van der Waals surface area (Å²) < 4.78 is 23.5. The van der Waals surface area contributed by atoms with Crippen molar-refractivity contribution >= 4 is 23.4 Å². The highest BCUT2D eigenvalue weighted by Crippen LogP contribution is 2.20. The summed E-state index contributed by atoms with van der Waals surface area (Å²) in [5.41, 5.74) is 1.31. The number of carbonyl (C=O) groups is 2. The molecule has 7 nitrogen and oxygen atoms in total. The number of halogens is 2. The fourth-order valence-electron chi connectivity index (χ4n) is 2.24. The molecular weight excluding hydrogens is 401 g/mol.